The Labute approximate surface area is 110 Å². The molecule has 18 heavy (non-hydrogen) atoms. The second kappa shape index (κ2) is 6.90. The first-order valence-electron chi connectivity index (χ1n) is 7.14. The lowest BCUT2D eigenvalue weighted by molar-refractivity contribution is 0.101. The number of nitrogens with one attached hydrogen (secondary N) is 1. The van der Waals surface area contributed by atoms with Crippen LogP contribution >= 0.6 is 0 Å². The maximum Gasteiger partial charge on any atom is 0.0576 e. The van der Waals surface area contributed by atoms with Gasteiger partial charge < -0.3 is 10.1 Å². The van der Waals surface area contributed by atoms with Crippen molar-refractivity contribution in [1.29, 1.82) is 0 Å². The highest BCUT2D eigenvalue weighted by Gasteiger charge is 2.15. The number of hydrogen-bond acceptors (Lipinski definition) is 3. The van der Waals surface area contributed by atoms with Gasteiger partial charge in [0.15, 0.2) is 0 Å². The van der Waals surface area contributed by atoms with Gasteiger partial charge in [-0.25, -0.2) is 0 Å². The molecule has 4 heteroatoms. The molecule has 2 atom stereocenters. The summed E-state index contributed by atoms with van der Waals surface area (Å²) in [6.45, 7) is 4.15. The zero-order chi connectivity index (χ0) is 12.8. The fourth-order valence-electron chi connectivity index (χ4n) is 2.64. The van der Waals surface area contributed by atoms with E-state index >= 15 is 0 Å². The Bertz CT molecular complexity index is 341. The Morgan fingerprint density at radius 2 is 2.50 bits per heavy atom. The largest absolute Gasteiger partial charge is 0.378 e. The van der Waals surface area contributed by atoms with Crippen LogP contribution in [-0.2, 0) is 11.3 Å². The molecule has 0 spiro atoms. The minimum Gasteiger partial charge on any atom is -0.378 e. The van der Waals surface area contributed by atoms with Gasteiger partial charge >= 0.3 is 0 Å². The van der Waals surface area contributed by atoms with E-state index in [1.165, 1.54) is 24.8 Å². The summed E-state index contributed by atoms with van der Waals surface area (Å²) in [5.41, 5.74) is 1.29. The molecule has 0 saturated carbocycles. The zero-order valence-corrected chi connectivity index (χ0v) is 11.6. The van der Waals surface area contributed by atoms with Gasteiger partial charge in [0.2, 0.25) is 0 Å². The molecule has 4 nitrogen and oxygen atoms in total. The van der Waals surface area contributed by atoms with Crippen molar-refractivity contribution in [3.8, 4) is 0 Å². The number of aryl methyl sites for hydroxylation is 1. The molecule has 1 aliphatic rings. The summed E-state index contributed by atoms with van der Waals surface area (Å²) in [5, 5.41) is 7.74. The van der Waals surface area contributed by atoms with E-state index in [9.17, 15) is 0 Å². The van der Waals surface area contributed by atoms with Crippen LogP contribution in [0.3, 0.4) is 0 Å². The van der Waals surface area contributed by atoms with Gasteiger partial charge in [-0.1, -0.05) is 6.92 Å². The molecule has 0 amide bonds. The van der Waals surface area contributed by atoms with Crippen LogP contribution in [0.5, 0.6) is 0 Å². The van der Waals surface area contributed by atoms with Crippen LogP contribution in [-0.4, -0.2) is 29.5 Å². The molecule has 1 fully saturated rings. The van der Waals surface area contributed by atoms with Crippen molar-refractivity contribution in [2.45, 2.75) is 57.7 Å². The molecule has 0 bridgehead atoms. The van der Waals surface area contributed by atoms with E-state index < -0.39 is 0 Å². The van der Waals surface area contributed by atoms with E-state index in [1.807, 2.05) is 13.2 Å². The third-order valence-electron chi connectivity index (χ3n) is 3.75. The normalized spacial score (nSPS) is 21.3. The summed E-state index contributed by atoms with van der Waals surface area (Å²) in [4.78, 5) is 0. The number of hydrogen-bond donors (Lipinski definition) is 1. The summed E-state index contributed by atoms with van der Waals surface area (Å²) in [7, 11) is 2.00. The van der Waals surface area contributed by atoms with Gasteiger partial charge in [-0.15, -0.1) is 0 Å². The summed E-state index contributed by atoms with van der Waals surface area (Å²) in [6, 6.07) is 0.428. The molecule has 1 aliphatic heterocycles. The minimum absolute atomic E-state index is 0.428. The molecule has 0 aromatic carbocycles. The molecule has 1 aromatic heterocycles. The number of nitrogens with zero attached hydrogens (tertiary/aromatic N) is 2. The second-order valence-corrected chi connectivity index (χ2v) is 5.06. The highest BCUT2D eigenvalue weighted by atomic mass is 16.5. The van der Waals surface area contributed by atoms with E-state index in [0.717, 1.165) is 26.0 Å². The van der Waals surface area contributed by atoms with Crippen molar-refractivity contribution in [2.75, 3.05) is 13.7 Å². The van der Waals surface area contributed by atoms with Gasteiger partial charge in [-0.2, -0.15) is 5.10 Å². The highest BCUT2D eigenvalue weighted by Crippen LogP contribution is 2.18. The van der Waals surface area contributed by atoms with Gasteiger partial charge in [-0.3, -0.25) is 4.68 Å². The van der Waals surface area contributed by atoms with E-state index in [1.54, 1.807) is 0 Å². The topological polar surface area (TPSA) is 39.1 Å². The Kier molecular flexibility index (Phi) is 5.20. The first-order chi connectivity index (χ1) is 8.83. The van der Waals surface area contributed by atoms with Crippen molar-refractivity contribution >= 4 is 0 Å². The second-order valence-electron chi connectivity index (χ2n) is 5.06. The van der Waals surface area contributed by atoms with Crippen molar-refractivity contribution < 1.29 is 4.74 Å². The van der Waals surface area contributed by atoms with Crippen molar-refractivity contribution in [3.05, 3.63) is 18.0 Å². The van der Waals surface area contributed by atoms with Crippen LogP contribution < -0.4 is 5.32 Å². The lowest BCUT2D eigenvalue weighted by Gasteiger charge is -2.11. The summed E-state index contributed by atoms with van der Waals surface area (Å²) >= 11 is 0. The average molecular weight is 251 g/mol. The van der Waals surface area contributed by atoms with E-state index in [-0.39, 0.29) is 0 Å². The lowest BCUT2D eigenvalue weighted by Crippen LogP contribution is -2.14. The molecular weight excluding hydrogens is 226 g/mol. The van der Waals surface area contributed by atoms with Gasteiger partial charge in [0.25, 0.3) is 0 Å². The molecule has 1 aromatic rings. The molecule has 2 heterocycles. The standard InChI is InChI=1S/C14H25N3O/c1-3-14(15-2)12-10-16-17(11-12)8-4-6-13-7-5-9-18-13/h10-11,13-15H,3-9H2,1-2H3. The maximum absolute atomic E-state index is 5.63. The van der Waals surface area contributed by atoms with E-state index in [0.29, 0.717) is 12.1 Å². The fraction of sp³-hybridized carbons (Fsp3) is 0.786. The highest BCUT2D eigenvalue weighted by molar-refractivity contribution is 5.09. The van der Waals surface area contributed by atoms with Gasteiger partial charge in [-0.05, 0) is 39.2 Å². The van der Waals surface area contributed by atoms with Crippen LogP contribution in [0.25, 0.3) is 0 Å². The number of aromatic nitrogens is 2. The van der Waals surface area contributed by atoms with Crippen molar-refractivity contribution in [1.82, 2.24) is 15.1 Å². The Hall–Kier alpha value is -0.870. The minimum atomic E-state index is 0.428. The summed E-state index contributed by atoms with van der Waals surface area (Å²) in [5.74, 6) is 0. The number of ether oxygens (including phenoxy) is 1. The number of rotatable bonds is 7. The fourth-order valence-corrected chi connectivity index (χ4v) is 2.64. The van der Waals surface area contributed by atoms with Crippen LogP contribution in [0.1, 0.15) is 50.6 Å². The van der Waals surface area contributed by atoms with Crippen LogP contribution in [0, 0.1) is 0 Å². The van der Waals surface area contributed by atoms with E-state index in [4.69, 9.17) is 4.74 Å². The smallest absolute Gasteiger partial charge is 0.0576 e. The van der Waals surface area contributed by atoms with Crippen molar-refractivity contribution in [2.24, 2.45) is 0 Å². The molecular formula is C14H25N3O. The third kappa shape index (κ3) is 3.56. The molecule has 2 rings (SSSR count). The maximum atomic E-state index is 5.63. The van der Waals surface area contributed by atoms with Crippen LogP contribution in [0.4, 0.5) is 0 Å². The molecule has 2 unspecified atom stereocenters. The van der Waals surface area contributed by atoms with Gasteiger partial charge in [0, 0.05) is 31.0 Å². The predicted octanol–water partition coefficient (Wildman–Crippen LogP) is 2.51. The Morgan fingerprint density at radius 3 is 3.17 bits per heavy atom. The quantitative estimate of drug-likeness (QED) is 0.809. The predicted molar refractivity (Wildman–Crippen MR) is 72.5 cm³/mol. The first kappa shape index (κ1) is 13.6. The summed E-state index contributed by atoms with van der Waals surface area (Å²) in [6.07, 6.45) is 10.5. The monoisotopic (exact) mass is 251 g/mol. The zero-order valence-electron chi connectivity index (χ0n) is 11.6. The lowest BCUT2D eigenvalue weighted by atomic mass is 10.1. The van der Waals surface area contributed by atoms with Gasteiger partial charge in [0.1, 0.15) is 0 Å². The average Bonchev–Trinajstić information content (AvgIpc) is 3.03. The third-order valence-corrected chi connectivity index (χ3v) is 3.75. The van der Waals surface area contributed by atoms with Crippen molar-refractivity contribution in [3.63, 3.8) is 0 Å². The molecule has 0 radical (unpaired) electrons. The van der Waals surface area contributed by atoms with Crippen LogP contribution in [0.2, 0.25) is 0 Å². The first-order valence-corrected chi connectivity index (χ1v) is 7.14. The van der Waals surface area contributed by atoms with Gasteiger partial charge in [0.05, 0.1) is 12.3 Å². The Morgan fingerprint density at radius 1 is 1.61 bits per heavy atom. The van der Waals surface area contributed by atoms with Crippen LogP contribution in [0.15, 0.2) is 12.4 Å². The molecule has 102 valence electrons. The SMILES string of the molecule is CCC(NC)c1cnn(CCCC2CCCO2)c1. The molecule has 0 aliphatic carbocycles. The molecule has 1 saturated heterocycles. The Balaban J connectivity index is 1.75. The van der Waals surface area contributed by atoms with E-state index in [2.05, 4.69) is 28.2 Å². The molecule has 1 N–H and O–H groups in total. The summed E-state index contributed by atoms with van der Waals surface area (Å²) < 4.78 is 7.69.